The van der Waals surface area contributed by atoms with E-state index >= 15 is 0 Å². The van der Waals surface area contributed by atoms with Gasteiger partial charge in [-0.15, -0.1) is 0 Å². The van der Waals surface area contributed by atoms with Gasteiger partial charge >= 0.3 is 0 Å². The molecule has 88 valence electrons. The van der Waals surface area contributed by atoms with Gasteiger partial charge in [0.2, 0.25) is 0 Å². The van der Waals surface area contributed by atoms with Crippen molar-refractivity contribution in [2.75, 3.05) is 0 Å². The van der Waals surface area contributed by atoms with E-state index < -0.39 is 0 Å². The summed E-state index contributed by atoms with van der Waals surface area (Å²) in [5, 5.41) is 0. The molecule has 2 N–H and O–H groups in total. The van der Waals surface area contributed by atoms with Crippen LogP contribution in [0.4, 0.5) is 0 Å². The summed E-state index contributed by atoms with van der Waals surface area (Å²) in [6, 6.07) is 16.7. The molecule has 2 aromatic carbocycles. The van der Waals surface area contributed by atoms with Gasteiger partial charge in [-0.05, 0) is 58.3 Å². The Kier molecular flexibility index (Phi) is 4.59. The van der Waals surface area contributed by atoms with Gasteiger partial charge in [0, 0.05) is 14.1 Å². The molecular formula is C14H13BrIN. The maximum atomic E-state index is 6.25. The highest BCUT2D eigenvalue weighted by atomic mass is 127. The van der Waals surface area contributed by atoms with Gasteiger partial charge < -0.3 is 5.73 Å². The first-order chi connectivity index (χ1) is 8.16. The third-order valence-corrected chi connectivity index (χ3v) is 4.18. The van der Waals surface area contributed by atoms with Gasteiger partial charge in [0.25, 0.3) is 0 Å². The number of hydrogen-bond donors (Lipinski definition) is 1. The maximum Gasteiger partial charge on any atom is 0.0346 e. The van der Waals surface area contributed by atoms with Crippen LogP contribution in [0, 0.1) is 3.57 Å². The zero-order valence-corrected chi connectivity index (χ0v) is 13.0. The minimum atomic E-state index is 0.0595. The highest BCUT2D eigenvalue weighted by Crippen LogP contribution is 2.22. The van der Waals surface area contributed by atoms with Crippen LogP contribution in [0.5, 0.6) is 0 Å². The Morgan fingerprint density at radius 3 is 2.35 bits per heavy atom. The van der Waals surface area contributed by atoms with E-state index in [-0.39, 0.29) is 6.04 Å². The van der Waals surface area contributed by atoms with Gasteiger partial charge in [0.1, 0.15) is 0 Å². The zero-order chi connectivity index (χ0) is 12.3. The lowest BCUT2D eigenvalue weighted by Crippen LogP contribution is -2.14. The lowest BCUT2D eigenvalue weighted by molar-refractivity contribution is 0.718. The third kappa shape index (κ3) is 3.53. The van der Waals surface area contributed by atoms with Crippen LogP contribution in [0.25, 0.3) is 0 Å². The number of benzene rings is 2. The van der Waals surface area contributed by atoms with Crippen molar-refractivity contribution in [3.63, 3.8) is 0 Å². The highest BCUT2D eigenvalue weighted by molar-refractivity contribution is 14.1. The van der Waals surface area contributed by atoms with E-state index in [0.29, 0.717) is 0 Å². The van der Waals surface area contributed by atoms with Gasteiger partial charge in [-0.3, -0.25) is 0 Å². The van der Waals surface area contributed by atoms with Crippen LogP contribution in [-0.4, -0.2) is 0 Å². The summed E-state index contributed by atoms with van der Waals surface area (Å²) in [4.78, 5) is 0. The van der Waals surface area contributed by atoms with Crippen molar-refractivity contribution in [3.05, 3.63) is 67.7 Å². The second kappa shape index (κ2) is 5.98. The highest BCUT2D eigenvalue weighted by Gasteiger charge is 2.09. The first-order valence-corrected chi connectivity index (χ1v) is 7.28. The normalized spacial score (nSPS) is 12.4. The van der Waals surface area contributed by atoms with Crippen LogP contribution in [0.2, 0.25) is 0 Å². The molecule has 0 spiro atoms. The van der Waals surface area contributed by atoms with E-state index in [1.54, 1.807) is 0 Å². The quantitative estimate of drug-likeness (QED) is 0.762. The second-order valence-electron chi connectivity index (χ2n) is 3.96. The minimum absolute atomic E-state index is 0.0595. The molecule has 0 radical (unpaired) electrons. The maximum absolute atomic E-state index is 6.25. The Hall–Kier alpha value is -0.390. The summed E-state index contributed by atoms with van der Waals surface area (Å²) < 4.78 is 2.33. The van der Waals surface area contributed by atoms with Crippen molar-refractivity contribution < 1.29 is 0 Å². The standard InChI is InChI=1S/C14H13BrIN/c15-11-7-5-10(6-8-11)9-14(17)12-3-1-2-4-13(12)16/h1-8,14H,9,17H2. The van der Waals surface area contributed by atoms with Crippen LogP contribution in [-0.2, 0) is 6.42 Å². The van der Waals surface area contributed by atoms with Crippen molar-refractivity contribution >= 4 is 38.5 Å². The molecule has 1 nitrogen and oxygen atoms in total. The van der Waals surface area contributed by atoms with Crippen molar-refractivity contribution in [2.45, 2.75) is 12.5 Å². The van der Waals surface area contributed by atoms with E-state index in [2.05, 4.69) is 74.9 Å². The smallest absolute Gasteiger partial charge is 0.0346 e. The van der Waals surface area contributed by atoms with E-state index in [0.717, 1.165) is 10.9 Å². The Labute approximate surface area is 124 Å². The van der Waals surface area contributed by atoms with Crippen molar-refractivity contribution in [3.8, 4) is 0 Å². The fraction of sp³-hybridized carbons (Fsp3) is 0.143. The van der Waals surface area contributed by atoms with Crippen LogP contribution < -0.4 is 5.73 Å². The molecule has 0 fully saturated rings. The summed E-state index contributed by atoms with van der Waals surface area (Å²) in [5.41, 5.74) is 8.73. The van der Waals surface area contributed by atoms with Crippen LogP contribution in [0.1, 0.15) is 17.2 Å². The summed E-state index contributed by atoms with van der Waals surface area (Å²) in [6.07, 6.45) is 0.868. The molecule has 0 heterocycles. The molecule has 0 bridgehead atoms. The predicted molar refractivity (Wildman–Crippen MR) is 83.9 cm³/mol. The molecule has 3 heteroatoms. The van der Waals surface area contributed by atoms with Gasteiger partial charge in [0.05, 0.1) is 0 Å². The van der Waals surface area contributed by atoms with E-state index in [1.165, 1.54) is 14.7 Å². The molecule has 1 atom stereocenters. The Bertz CT molecular complexity index is 496. The average Bonchev–Trinajstić information content (AvgIpc) is 2.32. The van der Waals surface area contributed by atoms with E-state index in [9.17, 15) is 0 Å². The second-order valence-corrected chi connectivity index (χ2v) is 6.04. The molecule has 0 aromatic heterocycles. The summed E-state index contributed by atoms with van der Waals surface area (Å²) in [7, 11) is 0. The topological polar surface area (TPSA) is 26.0 Å². The molecule has 0 aliphatic rings. The lowest BCUT2D eigenvalue weighted by atomic mass is 10.00. The average molecular weight is 402 g/mol. The zero-order valence-electron chi connectivity index (χ0n) is 9.24. The van der Waals surface area contributed by atoms with E-state index in [1.807, 2.05) is 12.1 Å². The van der Waals surface area contributed by atoms with Crippen LogP contribution in [0.3, 0.4) is 0 Å². The van der Waals surface area contributed by atoms with E-state index in [4.69, 9.17) is 5.73 Å². The van der Waals surface area contributed by atoms with Gasteiger partial charge in [-0.1, -0.05) is 46.3 Å². The third-order valence-electron chi connectivity index (χ3n) is 2.67. The molecule has 17 heavy (non-hydrogen) atoms. The molecule has 0 saturated carbocycles. The molecule has 2 rings (SSSR count). The first-order valence-electron chi connectivity index (χ1n) is 5.41. The Balaban J connectivity index is 2.14. The molecule has 0 aliphatic carbocycles. The SMILES string of the molecule is NC(Cc1ccc(Br)cc1)c1ccccc1I. The van der Waals surface area contributed by atoms with Crippen molar-refractivity contribution in [1.82, 2.24) is 0 Å². The summed E-state index contributed by atoms with van der Waals surface area (Å²) >= 11 is 5.77. The van der Waals surface area contributed by atoms with Crippen LogP contribution >= 0.6 is 38.5 Å². The van der Waals surface area contributed by atoms with Gasteiger partial charge in [-0.2, -0.15) is 0 Å². The monoisotopic (exact) mass is 401 g/mol. The summed E-state index contributed by atoms with van der Waals surface area (Å²) in [6.45, 7) is 0. The Morgan fingerprint density at radius 1 is 1.06 bits per heavy atom. The lowest BCUT2D eigenvalue weighted by Gasteiger charge is -2.14. The molecule has 1 unspecified atom stereocenters. The predicted octanol–water partition coefficient (Wildman–Crippen LogP) is 4.30. The van der Waals surface area contributed by atoms with Crippen molar-refractivity contribution in [2.24, 2.45) is 5.73 Å². The van der Waals surface area contributed by atoms with Crippen molar-refractivity contribution in [1.29, 1.82) is 0 Å². The summed E-state index contributed by atoms with van der Waals surface area (Å²) in [5.74, 6) is 0. The molecule has 0 amide bonds. The number of nitrogens with two attached hydrogens (primary N) is 1. The fourth-order valence-corrected chi connectivity index (χ4v) is 2.81. The molecule has 0 aliphatic heterocycles. The van der Waals surface area contributed by atoms with Crippen LogP contribution in [0.15, 0.2) is 53.0 Å². The first kappa shape index (κ1) is 13.1. The largest absolute Gasteiger partial charge is 0.324 e. The number of halogens is 2. The number of rotatable bonds is 3. The fourth-order valence-electron chi connectivity index (χ4n) is 1.76. The molecular weight excluding hydrogens is 389 g/mol. The minimum Gasteiger partial charge on any atom is -0.324 e. The van der Waals surface area contributed by atoms with Gasteiger partial charge in [0.15, 0.2) is 0 Å². The Morgan fingerprint density at radius 2 is 1.71 bits per heavy atom. The molecule has 2 aromatic rings. The van der Waals surface area contributed by atoms with Gasteiger partial charge in [-0.25, -0.2) is 0 Å². The molecule has 0 saturated heterocycles. The number of hydrogen-bond acceptors (Lipinski definition) is 1.